The molecule has 0 saturated heterocycles. The maximum Gasteiger partial charge on any atom is 0.286 e. The van der Waals surface area contributed by atoms with E-state index in [-0.39, 0.29) is 28.5 Å². The number of nitrogens with one attached hydrogen (secondary N) is 1. The second-order valence-electron chi connectivity index (χ2n) is 14.3. The van der Waals surface area contributed by atoms with Crippen molar-refractivity contribution in [2.24, 2.45) is 29.2 Å². The number of rotatable bonds is 3. The number of nitrogens with zero attached hydrogens (tertiary/aromatic N) is 4. The Morgan fingerprint density at radius 1 is 1.18 bits per heavy atom. The van der Waals surface area contributed by atoms with Crippen LogP contribution >= 0.6 is 11.6 Å². The van der Waals surface area contributed by atoms with Crippen molar-refractivity contribution >= 4 is 39.0 Å². The second-order valence-corrected chi connectivity index (χ2v) is 16.7. The molecule has 1 N–H and O–H groups in total. The molecule has 1 fully saturated rings. The van der Waals surface area contributed by atoms with E-state index in [0.29, 0.717) is 29.8 Å². The number of carbonyl (C=O) groups excluding carboxylic acids is 2. The predicted octanol–water partition coefficient (Wildman–Crippen LogP) is 6.52. The van der Waals surface area contributed by atoms with E-state index in [4.69, 9.17) is 21.1 Å². The number of amides is 2. The van der Waals surface area contributed by atoms with E-state index in [0.717, 1.165) is 68.7 Å². The van der Waals surface area contributed by atoms with Gasteiger partial charge in [-0.3, -0.25) is 19.0 Å². The van der Waals surface area contributed by atoms with Gasteiger partial charge < -0.3 is 14.4 Å². The lowest BCUT2D eigenvalue weighted by Crippen LogP contribution is -2.48. The lowest BCUT2D eigenvalue weighted by Gasteiger charge is -2.44. The Hall–Kier alpha value is -3.83. The van der Waals surface area contributed by atoms with Crippen molar-refractivity contribution in [1.29, 1.82) is 0 Å². The highest BCUT2D eigenvalue weighted by molar-refractivity contribution is 7.92. The van der Waals surface area contributed by atoms with Crippen molar-refractivity contribution in [3.8, 4) is 11.6 Å². The van der Waals surface area contributed by atoms with E-state index in [1.54, 1.807) is 13.1 Å². The molecular formula is C37H44ClN5O5S. The number of anilines is 1. The van der Waals surface area contributed by atoms with E-state index in [9.17, 15) is 13.8 Å². The summed E-state index contributed by atoms with van der Waals surface area (Å²) < 4.78 is 34.7. The SMILES string of the molecule is COc1nn(C)cc1C(=O)NS1(=O)=NC(=O)c2ccc3c(c2)N(C[C@@H]2CC[C@H]2/C=C/CC[C@H](C)C1)C[C@@]1(CCCc2cc(Cl)ccc21)CO3. The van der Waals surface area contributed by atoms with Crippen LogP contribution in [0.4, 0.5) is 5.69 Å². The summed E-state index contributed by atoms with van der Waals surface area (Å²) in [6, 6.07) is 11.6. The van der Waals surface area contributed by atoms with Gasteiger partial charge in [0.25, 0.3) is 11.8 Å². The fourth-order valence-corrected chi connectivity index (χ4v) is 10.1. The average Bonchev–Trinajstić information content (AvgIpc) is 3.37. The third kappa shape index (κ3) is 6.84. The fourth-order valence-electron chi connectivity index (χ4n) is 7.99. The maximum absolute atomic E-state index is 14.5. The minimum Gasteiger partial charge on any atom is -0.490 e. The van der Waals surface area contributed by atoms with Crippen LogP contribution in [0, 0.1) is 17.8 Å². The molecular weight excluding hydrogens is 662 g/mol. The maximum atomic E-state index is 14.5. The van der Waals surface area contributed by atoms with Crippen LogP contribution in [0.25, 0.3) is 0 Å². The Bertz CT molecular complexity index is 1930. The van der Waals surface area contributed by atoms with Gasteiger partial charge in [-0.15, -0.1) is 9.46 Å². The first-order chi connectivity index (χ1) is 23.5. The summed E-state index contributed by atoms with van der Waals surface area (Å²) in [5, 5.41) is 4.89. The zero-order valence-electron chi connectivity index (χ0n) is 28.3. The molecule has 10 nitrogen and oxygen atoms in total. The van der Waals surface area contributed by atoms with Gasteiger partial charge in [0, 0.05) is 42.3 Å². The van der Waals surface area contributed by atoms with Gasteiger partial charge >= 0.3 is 0 Å². The molecule has 2 aromatic carbocycles. The third-order valence-corrected chi connectivity index (χ3v) is 12.9. The van der Waals surface area contributed by atoms with Gasteiger partial charge in [-0.2, -0.15) is 0 Å². The Balaban J connectivity index is 1.28. The molecule has 2 aliphatic heterocycles. The summed E-state index contributed by atoms with van der Waals surface area (Å²) >= 11 is 6.44. The zero-order valence-corrected chi connectivity index (χ0v) is 29.9. The number of carbonyl (C=O) groups is 2. The molecule has 2 bridgehead atoms. The highest BCUT2D eigenvalue weighted by atomic mass is 35.5. The van der Waals surface area contributed by atoms with Crippen LogP contribution in [-0.2, 0) is 28.8 Å². The van der Waals surface area contributed by atoms with Gasteiger partial charge in [0.1, 0.15) is 21.2 Å². The van der Waals surface area contributed by atoms with Crippen molar-refractivity contribution in [3.63, 3.8) is 0 Å². The Morgan fingerprint density at radius 2 is 2.04 bits per heavy atom. The van der Waals surface area contributed by atoms with Crippen molar-refractivity contribution < 1.29 is 23.3 Å². The first-order valence-electron chi connectivity index (χ1n) is 17.2. The van der Waals surface area contributed by atoms with E-state index in [1.807, 2.05) is 25.1 Å². The third-order valence-electron chi connectivity index (χ3n) is 10.7. The highest BCUT2D eigenvalue weighted by Crippen LogP contribution is 2.46. The second kappa shape index (κ2) is 13.5. The fraction of sp³-hybridized carbons (Fsp3) is 0.486. The van der Waals surface area contributed by atoms with Crippen molar-refractivity contribution in [3.05, 3.63) is 82.0 Å². The summed E-state index contributed by atoms with van der Waals surface area (Å²) in [5.74, 6) is 0.417. The minimum atomic E-state index is -3.53. The molecule has 1 saturated carbocycles. The molecule has 1 unspecified atom stereocenters. The van der Waals surface area contributed by atoms with E-state index >= 15 is 0 Å². The molecule has 7 rings (SSSR count). The monoisotopic (exact) mass is 705 g/mol. The van der Waals surface area contributed by atoms with Crippen LogP contribution < -0.4 is 19.1 Å². The highest BCUT2D eigenvalue weighted by Gasteiger charge is 2.43. The van der Waals surface area contributed by atoms with Crippen LogP contribution in [0.1, 0.15) is 77.3 Å². The predicted molar refractivity (Wildman–Crippen MR) is 191 cm³/mol. The number of allylic oxidation sites excluding steroid dienone is 2. The molecule has 1 spiro atoms. The van der Waals surface area contributed by atoms with Crippen molar-refractivity contribution in [1.82, 2.24) is 14.5 Å². The Labute approximate surface area is 293 Å². The van der Waals surface area contributed by atoms with E-state index < -0.39 is 21.7 Å². The normalized spacial score (nSPS) is 28.9. The lowest BCUT2D eigenvalue weighted by atomic mass is 9.69. The summed E-state index contributed by atoms with van der Waals surface area (Å²) in [6.45, 7) is 4.07. The van der Waals surface area contributed by atoms with Gasteiger partial charge in [-0.25, -0.2) is 4.21 Å². The number of fused-ring (bicyclic) bond motifs is 4. The summed E-state index contributed by atoms with van der Waals surface area (Å²) in [6.07, 6.45) is 13.0. The molecule has 3 heterocycles. The van der Waals surface area contributed by atoms with Gasteiger partial charge in [-0.05, 0) is 104 Å². The number of hydrogen-bond donors (Lipinski definition) is 1. The number of aromatic nitrogens is 2. The first kappa shape index (κ1) is 33.7. The quantitative estimate of drug-likeness (QED) is 0.309. The molecule has 3 aromatic rings. The largest absolute Gasteiger partial charge is 0.490 e. The molecule has 5 atom stereocenters. The Morgan fingerprint density at radius 3 is 2.84 bits per heavy atom. The van der Waals surface area contributed by atoms with Crippen LogP contribution in [-0.4, -0.2) is 58.4 Å². The minimum absolute atomic E-state index is 0.0269. The van der Waals surface area contributed by atoms with Gasteiger partial charge in [-0.1, -0.05) is 36.7 Å². The molecule has 0 radical (unpaired) electrons. The lowest BCUT2D eigenvalue weighted by molar-refractivity contribution is 0.0979. The zero-order chi connectivity index (χ0) is 34.3. The van der Waals surface area contributed by atoms with E-state index in [2.05, 4.69) is 43.4 Å². The number of aryl methyl sites for hydroxylation is 2. The van der Waals surface area contributed by atoms with E-state index in [1.165, 1.54) is 29.1 Å². The molecule has 4 aliphatic rings. The number of halogens is 1. The van der Waals surface area contributed by atoms with Gasteiger partial charge in [0.05, 0.1) is 25.2 Å². The number of hydrogen-bond acceptors (Lipinski definition) is 7. The summed E-state index contributed by atoms with van der Waals surface area (Å²) in [7, 11) is -0.457. The average molecular weight is 706 g/mol. The van der Waals surface area contributed by atoms with Crippen LogP contribution in [0.5, 0.6) is 11.6 Å². The van der Waals surface area contributed by atoms with Crippen LogP contribution in [0.2, 0.25) is 5.02 Å². The smallest absolute Gasteiger partial charge is 0.286 e. The van der Waals surface area contributed by atoms with Crippen LogP contribution in [0.3, 0.4) is 0 Å². The van der Waals surface area contributed by atoms with Crippen molar-refractivity contribution in [2.45, 2.75) is 57.3 Å². The van der Waals surface area contributed by atoms with Gasteiger partial charge in [0.2, 0.25) is 5.88 Å². The topological polar surface area (TPSA) is 115 Å². The molecule has 1 aromatic heterocycles. The standard InChI is InChI=1S/C37H44ClN5O5S/c1-24-7-4-5-8-25-10-11-28(25)19-43-22-37(16-6-9-26-17-29(38)13-14-31(26)37)23-48-33-15-12-27(18-32(33)43)34(44)40-49(46,21-24)41-35(45)30-20-42(2)39-36(30)47-3/h5,8,12-15,17-18,20,24-25,28H,4,6-7,9-11,16,19,21-23H2,1-3H3,(H,40,41,44,45,46)/b8-5+/t24-,25+,28-,37-,49?/m0/s1. The summed E-state index contributed by atoms with van der Waals surface area (Å²) in [5.41, 5.74) is 3.58. The number of benzene rings is 2. The van der Waals surface area contributed by atoms with Gasteiger partial charge in [0.15, 0.2) is 0 Å². The molecule has 260 valence electrons. The first-order valence-corrected chi connectivity index (χ1v) is 19.3. The Kier molecular flexibility index (Phi) is 9.25. The van der Waals surface area contributed by atoms with Crippen molar-refractivity contribution in [2.75, 3.05) is 37.5 Å². The molecule has 49 heavy (non-hydrogen) atoms. The number of methoxy groups -OCH3 is 1. The molecule has 2 aliphatic carbocycles. The van der Waals surface area contributed by atoms with Crippen LogP contribution in [0.15, 0.2) is 59.1 Å². The summed E-state index contributed by atoms with van der Waals surface area (Å²) in [4.78, 5) is 29.8. The molecule has 12 heteroatoms. The molecule has 2 amide bonds. The number of ether oxygens (including phenoxy) is 2.